The van der Waals surface area contributed by atoms with Crippen molar-refractivity contribution < 1.29 is 18.3 Å². The summed E-state index contributed by atoms with van der Waals surface area (Å²) in [5.41, 5.74) is 1.43. The maximum Gasteiger partial charge on any atom is 0.264 e. The number of carbonyl (C=O) groups is 1. The normalized spacial score (nSPS) is 17.4. The van der Waals surface area contributed by atoms with Crippen molar-refractivity contribution in [2.24, 2.45) is 5.92 Å². The lowest BCUT2D eigenvalue weighted by molar-refractivity contribution is -0.137. The first-order chi connectivity index (χ1) is 18.6. The van der Waals surface area contributed by atoms with Crippen molar-refractivity contribution in [2.45, 2.75) is 42.7 Å². The molecule has 11 heteroatoms. The summed E-state index contributed by atoms with van der Waals surface area (Å²) < 4.78 is 26.6. The van der Waals surface area contributed by atoms with Crippen LogP contribution in [0.15, 0.2) is 70.7 Å². The number of fused-ring (bicyclic) bond motifs is 1. The number of amides is 1. The average Bonchev–Trinajstić information content (AvgIpc) is 3.68. The van der Waals surface area contributed by atoms with Crippen LogP contribution in [0.1, 0.15) is 25.7 Å². The molecular formula is C28H29N5O5S. The van der Waals surface area contributed by atoms with Gasteiger partial charge in [-0.25, -0.2) is 18.1 Å². The number of hydrogen-bond acceptors (Lipinski definition) is 7. The van der Waals surface area contributed by atoms with Gasteiger partial charge in [-0.2, -0.15) is 5.10 Å². The second-order valence-electron chi connectivity index (χ2n) is 10.6. The van der Waals surface area contributed by atoms with Crippen LogP contribution in [-0.4, -0.2) is 68.6 Å². The van der Waals surface area contributed by atoms with Crippen molar-refractivity contribution in [1.29, 1.82) is 0 Å². The van der Waals surface area contributed by atoms with Crippen molar-refractivity contribution in [2.75, 3.05) is 19.3 Å². The highest BCUT2D eigenvalue weighted by atomic mass is 32.2. The number of rotatable bonds is 6. The molecule has 0 bridgehead atoms. The number of aromatic nitrogens is 4. The lowest BCUT2D eigenvalue weighted by Crippen LogP contribution is -2.50. The van der Waals surface area contributed by atoms with Crippen LogP contribution >= 0.6 is 0 Å². The highest BCUT2D eigenvalue weighted by molar-refractivity contribution is 7.90. The van der Waals surface area contributed by atoms with Crippen molar-refractivity contribution >= 4 is 26.8 Å². The van der Waals surface area contributed by atoms with E-state index in [9.17, 15) is 23.1 Å². The second kappa shape index (κ2) is 9.42. The van der Waals surface area contributed by atoms with E-state index < -0.39 is 15.4 Å². The number of carbonyl (C=O) groups excluding carboxylic acids is 1. The van der Waals surface area contributed by atoms with Gasteiger partial charge < -0.3 is 10.0 Å². The molecule has 10 nitrogen and oxygen atoms in total. The van der Waals surface area contributed by atoms with Crippen LogP contribution in [0.3, 0.4) is 0 Å². The van der Waals surface area contributed by atoms with Gasteiger partial charge in [0.1, 0.15) is 11.7 Å². The van der Waals surface area contributed by atoms with Gasteiger partial charge in [0.25, 0.3) is 5.56 Å². The van der Waals surface area contributed by atoms with Gasteiger partial charge in [0.2, 0.25) is 5.91 Å². The molecule has 3 heterocycles. The molecule has 39 heavy (non-hydrogen) atoms. The summed E-state index contributed by atoms with van der Waals surface area (Å²) in [5.74, 6) is 0.336. The molecule has 0 spiro atoms. The number of aliphatic hydroxyl groups is 1. The van der Waals surface area contributed by atoms with Crippen LogP contribution in [0.4, 0.5) is 0 Å². The highest BCUT2D eigenvalue weighted by Crippen LogP contribution is 2.33. The Labute approximate surface area is 225 Å². The van der Waals surface area contributed by atoms with Gasteiger partial charge in [-0.3, -0.25) is 14.2 Å². The number of likely N-dealkylation sites (tertiary alicyclic amines) is 1. The molecule has 0 unspecified atom stereocenters. The summed E-state index contributed by atoms with van der Waals surface area (Å²) in [6, 6.07) is 14.2. The van der Waals surface area contributed by atoms with Crippen LogP contribution in [0.25, 0.3) is 27.8 Å². The largest absolute Gasteiger partial charge is 0.388 e. The van der Waals surface area contributed by atoms with Gasteiger partial charge in [-0.1, -0.05) is 24.3 Å². The number of sulfone groups is 1. The van der Waals surface area contributed by atoms with E-state index in [0.29, 0.717) is 42.7 Å². The summed E-state index contributed by atoms with van der Waals surface area (Å²) in [5, 5.41) is 15.9. The average molecular weight is 548 g/mol. The number of hydrogen-bond donors (Lipinski definition) is 1. The minimum absolute atomic E-state index is 0.102. The van der Waals surface area contributed by atoms with E-state index >= 15 is 0 Å². The standard InChI is InChI=1S/C28H29N5O5S/c1-39(37,38)23-9-7-19(8-10-23)21-3-2-4-22(15-21)33-25-24(16-30-33)27(35)32(18-29-25)17-28(36)11-13-31(14-12-28)26(34)20-5-6-20/h2-4,7-10,15-16,18,20,36H,5-6,11-14,17H2,1H3. The SMILES string of the molecule is CS(=O)(=O)c1ccc(-c2cccc(-n3ncc4c(=O)n(CC5(O)CCN(C(=O)C6CC6)CC5)cnc43)c2)cc1. The molecule has 4 aromatic rings. The first-order valence-corrected chi connectivity index (χ1v) is 14.9. The van der Waals surface area contributed by atoms with E-state index in [1.54, 1.807) is 28.9 Å². The zero-order valence-corrected chi connectivity index (χ0v) is 22.3. The molecule has 1 aliphatic heterocycles. The second-order valence-corrected chi connectivity index (χ2v) is 12.7. The molecule has 2 aliphatic rings. The lowest BCUT2D eigenvalue weighted by Gasteiger charge is -2.38. The first kappa shape index (κ1) is 25.4. The van der Waals surface area contributed by atoms with Crippen LogP contribution in [-0.2, 0) is 21.2 Å². The number of nitrogens with zero attached hydrogens (tertiary/aromatic N) is 5. The van der Waals surface area contributed by atoms with E-state index in [4.69, 9.17) is 0 Å². The molecule has 0 atom stereocenters. The van der Waals surface area contributed by atoms with Gasteiger partial charge >= 0.3 is 0 Å². The maximum atomic E-state index is 13.3. The van der Waals surface area contributed by atoms with E-state index in [1.165, 1.54) is 23.3 Å². The Hall–Kier alpha value is -3.83. The van der Waals surface area contributed by atoms with Crippen molar-refractivity contribution in [1.82, 2.24) is 24.2 Å². The molecule has 2 aromatic heterocycles. The molecule has 202 valence electrons. The third-order valence-corrected chi connectivity index (χ3v) is 8.79. The number of benzene rings is 2. The van der Waals surface area contributed by atoms with Crippen LogP contribution < -0.4 is 5.56 Å². The first-order valence-electron chi connectivity index (χ1n) is 13.0. The lowest BCUT2D eigenvalue weighted by atomic mass is 9.91. The predicted molar refractivity (Wildman–Crippen MR) is 145 cm³/mol. The minimum atomic E-state index is -3.28. The summed E-state index contributed by atoms with van der Waals surface area (Å²) in [4.78, 5) is 32.2. The summed E-state index contributed by atoms with van der Waals surface area (Å²) in [6.07, 6.45) is 6.83. The van der Waals surface area contributed by atoms with E-state index in [0.717, 1.165) is 24.0 Å². The van der Waals surface area contributed by atoms with Crippen LogP contribution in [0.2, 0.25) is 0 Å². The molecule has 1 saturated carbocycles. The van der Waals surface area contributed by atoms with Gasteiger partial charge in [0, 0.05) is 25.3 Å². The monoisotopic (exact) mass is 547 g/mol. The van der Waals surface area contributed by atoms with E-state index in [2.05, 4.69) is 10.1 Å². The summed E-state index contributed by atoms with van der Waals surface area (Å²) in [7, 11) is -3.28. The Bertz CT molecular complexity index is 1730. The zero-order chi connectivity index (χ0) is 27.4. The molecule has 0 radical (unpaired) electrons. The quantitative estimate of drug-likeness (QED) is 0.393. The van der Waals surface area contributed by atoms with Crippen molar-refractivity contribution in [3.8, 4) is 16.8 Å². The Morgan fingerprint density at radius 1 is 1.08 bits per heavy atom. The molecule has 1 aliphatic carbocycles. The topological polar surface area (TPSA) is 127 Å². The summed E-state index contributed by atoms with van der Waals surface area (Å²) in [6.45, 7) is 1.08. The molecule has 2 aromatic carbocycles. The smallest absolute Gasteiger partial charge is 0.264 e. The van der Waals surface area contributed by atoms with Gasteiger partial charge in [0.15, 0.2) is 15.5 Å². The summed E-state index contributed by atoms with van der Waals surface area (Å²) >= 11 is 0. The zero-order valence-electron chi connectivity index (χ0n) is 21.5. The molecular weight excluding hydrogens is 518 g/mol. The molecule has 6 rings (SSSR count). The third-order valence-electron chi connectivity index (χ3n) is 7.66. The van der Waals surface area contributed by atoms with Gasteiger partial charge in [0.05, 0.1) is 28.9 Å². The predicted octanol–water partition coefficient (Wildman–Crippen LogP) is 2.42. The fourth-order valence-corrected chi connectivity index (χ4v) is 5.80. The minimum Gasteiger partial charge on any atom is -0.388 e. The van der Waals surface area contributed by atoms with E-state index in [-0.39, 0.29) is 28.8 Å². The molecule has 2 fully saturated rings. The Morgan fingerprint density at radius 2 is 1.79 bits per heavy atom. The van der Waals surface area contributed by atoms with Crippen molar-refractivity contribution in [3.05, 3.63) is 71.4 Å². The van der Waals surface area contributed by atoms with Crippen LogP contribution in [0, 0.1) is 5.92 Å². The molecule has 1 saturated heterocycles. The fourth-order valence-electron chi connectivity index (χ4n) is 5.17. The maximum absolute atomic E-state index is 13.3. The number of piperidine rings is 1. The fraction of sp³-hybridized carbons (Fsp3) is 0.357. The highest BCUT2D eigenvalue weighted by Gasteiger charge is 2.39. The van der Waals surface area contributed by atoms with Crippen molar-refractivity contribution in [3.63, 3.8) is 0 Å². The van der Waals surface area contributed by atoms with Gasteiger partial charge in [-0.15, -0.1) is 0 Å². The van der Waals surface area contributed by atoms with E-state index in [1.807, 2.05) is 29.2 Å². The van der Waals surface area contributed by atoms with Gasteiger partial charge in [-0.05, 0) is 61.1 Å². The Kier molecular flexibility index (Phi) is 6.15. The molecule has 1 N–H and O–H groups in total. The Balaban J connectivity index is 1.23. The third kappa shape index (κ3) is 4.99. The Morgan fingerprint density at radius 3 is 2.46 bits per heavy atom. The molecule has 1 amide bonds. The van der Waals surface area contributed by atoms with Crippen LogP contribution in [0.5, 0.6) is 0 Å².